The van der Waals surface area contributed by atoms with Crippen molar-refractivity contribution >= 4 is 34.9 Å². The van der Waals surface area contributed by atoms with Crippen molar-refractivity contribution < 1.29 is 9.53 Å². The zero-order valence-electron chi connectivity index (χ0n) is 9.62. The Hall–Kier alpha value is -0.290. The zero-order valence-corrected chi connectivity index (χ0v) is 11.2. The van der Waals surface area contributed by atoms with E-state index in [1.54, 1.807) is 0 Å². The van der Waals surface area contributed by atoms with Gasteiger partial charge < -0.3 is 10.5 Å². The minimum Gasteiger partial charge on any atom is -0.458 e. The van der Waals surface area contributed by atoms with Crippen LogP contribution in [-0.4, -0.2) is 27.1 Å². The Bertz CT molecular complexity index is 343. The first-order valence-corrected chi connectivity index (χ1v) is 6.89. The number of nitrogens with two attached hydrogens (primary N) is 1. The molecule has 2 saturated heterocycles. The Morgan fingerprint density at radius 2 is 2.31 bits per heavy atom. The molecule has 2 heterocycles. The minimum absolute atomic E-state index is 0.0739. The summed E-state index contributed by atoms with van der Waals surface area (Å²) in [4.78, 5) is 11.9. The summed E-state index contributed by atoms with van der Waals surface area (Å²) in [5.41, 5.74) is 5.33. The van der Waals surface area contributed by atoms with E-state index < -0.39 is 5.60 Å². The number of hydrogen-bond donors (Lipinski definition) is 1. The van der Waals surface area contributed by atoms with Crippen molar-refractivity contribution in [2.45, 2.75) is 43.5 Å². The van der Waals surface area contributed by atoms with Crippen molar-refractivity contribution in [2.75, 3.05) is 5.75 Å². The Kier molecular flexibility index (Phi) is 2.95. The highest BCUT2D eigenvalue weighted by atomic mass is 32.2. The molecule has 0 unspecified atom stereocenters. The molecule has 2 aliphatic rings. The highest BCUT2D eigenvalue weighted by molar-refractivity contribution is 8.00. The summed E-state index contributed by atoms with van der Waals surface area (Å²) in [5.74, 6) is 0.773. The second-order valence-corrected chi connectivity index (χ2v) is 7.51. The third-order valence-electron chi connectivity index (χ3n) is 3.41. The second kappa shape index (κ2) is 3.88. The number of esters is 1. The highest BCUT2D eigenvalue weighted by Crippen LogP contribution is 2.50. The monoisotopic (exact) mass is 259 g/mol. The molecule has 0 bridgehead atoms. The molecule has 1 spiro atoms. The lowest BCUT2D eigenvalue weighted by Crippen LogP contribution is -2.49. The smallest absolute Gasteiger partial charge is 0.307 e. The number of carbonyl (C=O) groups is 1. The lowest BCUT2D eigenvalue weighted by molar-refractivity contribution is -0.150. The summed E-state index contributed by atoms with van der Waals surface area (Å²) in [7, 11) is 0. The Morgan fingerprint density at radius 3 is 2.88 bits per heavy atom. The fourth-order valence-electron chi connectivity index (χ4n) is 2.80. The van der Waals surface area contributed by atoms with E-state index in [-0.39, 0.29) is 16.6 Å². The van der Waals surface area contributed by atoms with Crippen LogP contribution in [0.2, 0.25) is 0 Å². The fourth-order valence-corrected chi connectivity index (χ4v) is 4.44. The van der Waals surface area contributed by atoms with Crippen LogP contribution in [-0.2, 0) is 9.53 Å². The van der Waals surface area contributed by atoms with Gasteiger partial charge >= 0.3 is 5.97 Å². The molecule has 0 aliphatic carbocycles. The molecule has 0 aromatic carbocycles. The van der Waals surface area contributed by atoms with Crippen LogP contribution in [0.1, 0.15) is 33.1 Å². The first-order chi connectivity index (χ1) is 7.35. The summed E-state index contributed by atoms with van der Waals surface area (Å²) >= 11 is 7.00. The number of ether oxygens (including phenoxy) is 1. The third kappa shape index (κ3) is 2.07. The molecule has 5 heteroatoms. The normalized spacial score (nSPS) is 37.4. The van der Waals surface area contributed by atoms with Gasteiger partial charge in [0.1, 0.15) is 5.60 Å². The average Bonchev–Trinajstić information content (AvgIpc) is 2.40. The topological polar surface area (TPSA) is 52.3 Å². The van der Waals surface area contributed by atoms with Crippen molar-refractivity contribution in [3.8, 4) is 0 Å². The van der Waals surface area contributed by atoms with Gasteiger partial charge in [-0.3, -0.25) is 4.79 Å². The first-order valence-electron chi connectivity index (χ1n) is 5.50. The Labute approximate surface area is 105 Å². The van der Waals surface area contributed by atoms with Gasteiger partial charge in [0.05, 0.1) is 17.3 Å². The predicted molar refractivity (Wildman–Crippen MR) is 69.5 cm³/mol. The highest BCUT2D eigenvalue weighted by Gasteiger charge is 2.54. The van der Waals surface area contributed by atoms with Crippen molar-refractivity contribution in [1.29, 1.82) is 0 Å². The van der Waals surface area contributed by atoms with E-state index in [0.29, 0.717) is 11.4 Å². The lowest BCUT2D eigenvalue weighted by Gasteiger charge is -2.43. The van der Waals surface area contributed by atoms with Gasteiger partial charge in [0.15, 0.2) is 0 Å². The molecule has 0 amide bonds. The number of thiocarbonyl (C=S) groups is 1. The maximum absolute atomic E-state index is 11.5. The quantitative estimate of drug-likeness (QED) is 0.575. The van der Waals surface area contributed by atoms with Gasteiger partial charge in [-0.15, -0.1) is 0 Å². The van der Waals surface area contributed by atoms with Crippen LogP contribution in [0.15, 0.2) is 0 Å². The van der Waals surface area contributed by atoms with Crippen LogP contribution in [0, 0.1) is 5.92 Å². The molecule has 2 rings (SSSR count). The standard InChI is InChI=1S/C11H17NO2S2/c1-10(2)6-11(3-4-16-10)7(9(12)15)5-8(13)14-11/h7H,3-6H2,1-2H3,(H2,12,15)/t7-,11-/m0/s1. The minimum atomic E-state index is -0.419. The number of rotatable bonds is 1. The van der Waals surface area contributed by atoms with E-state index in [0.717, 1.165) is 18.6 Å². The van der Waals surface area contributed by atoms with E-state index in [1.165, 1.54) is 0 Å². The van der Waals surface area contributed by atoms with Gasteiger partial charge in [0.2, 0.25) is 0 Å². The summed E-state index contributed by atoms with van der Waals surface area (Å²) in [6.45, 7) is 4.36. The summed E-state index contributed by atoms with van der Waals surface area (Å²) in [5, 5.41) is 0. The molecule has 16 heavy (non-hydrogen) atoms. The molecule has 0 saturated carbocycles. The molecular formula is C11H17NO2S2. The summed E-state index contributed by atoms with van der Waals surface area (Å²) in [6, 6.07) is 0. The molecule has 3 nitrogen and oxygen atoms in total. The molecule has 90 valence electrons. The Morgan fingerprint density at radius 1 is 1.62 bits per heavy atom. The maximum Gasteiger partial charge on any atom is 0.307 e. The van der Waals surface area contributed by atoms with Crippen LogP contribution < -0.4 is 5.73 Å². The van der Waals surface area contributed by atoms with Crippen molar-refractivity contribution in [3.63, 3.8) is 0 Å². The van der Waals surface area contributed by atoms with Crippen molar-refractivity contribution in [1.82, 2.24) is 0 Å². The summed E-state index contributed by atoms with van der Waals surface area (Å²) < 4.78 is 5.71. The van der Waals surface area contributed by atoms with Gasteiger partial charge in [-0.05, 0) is 12.2 Å². The van der Waals surface area contributed by atoms with Crippen molar-refractivity contribution in [2.24, 2.45) is 11.7 Å². The molecule has 2 N–H and O–H groups in total. The van der Waals surface area contributed by atoms with Gasteiger partial charge in [0, 0.05) is 11.2 Å². The van der Waals surface area contributed by atoms with Gasteiger partial charge in [-0.1, -0.05) is 26.1 Å². The first kappa shape index (κ1) is 12.2. The molecule has 2 aliphatic heterocycles. The van der Waals surface area contributed by atoms with Crippen LogP contribution >= 0.6 is 24.0 Å². The van der Waals surface area contributed by atoms with E-state index in [2.05, 4.69) is 13.8 Å². The lowest BCUT2D eigenvalue weighted by atomic mass is 9.78. The maximum atomic E-state index is 11.5. The predicted octanol–water partition coefficient (Wildman–Crippen LogP) is 1.88. The van der Waals surface area contributed by atoms with Crippen LogP contribution in [0.25, 0.3) is 0 Å². The molecule has 2 fully saturated rings. The van der Waals surface area contributed by atoms with E-state index >= 15 is 0 Å². The average molecular weight is 259 g/mol. The third-order valence-corrected chi connectivity index (χ3v) is 5.03. The van der Waals surface area contributed by atoms with Crippen LogP contribution in [0.3, 0.4) is 0 Å². The molecular weight excluding hydrogens is 242 g/mol. The SMILES string of the molecule is CC1(C)C[C@]2(CCS1)OC(=O)C[C@H]2C(N)=S. The second-order valence-electron chi connectivity index (χ2n) is 5.23. The van der Waals surface area contributed by atoms with E-state index in [1.807, 2.05) is 11.8 Å². The number of thioether (sulfide) groups is 1. The molecule has 0 radical (unpaired) electrons. The largest absolute Gasteiger partial charge is 0.458 e. The fraction of sp³-hybridized carbons (Fsp3) is 0.818. The Balaban J connectivity index is 2.28. The van der Waals surface area contributed by atoms with E-state index in [4.69, 9.17) is 22.7 Å². The van der Waals surface area contributed by atoms with Gasteiger partial charge in [-0.2, -0.15) is 11.8 Å². The molecule has 0 aromatic rings. The van der Waals surface area contributed by atoms with Gasteiger partial charge in [0.25, 0.3) is 0 Å². The zero-order chi connectivity index (χ0) is 12.0. The van der Waals surface area contributed by atoms with Crippen molar-refractivity contribution in [3.05, 3.63) is 0 Å². The molecule has 0 aromatic heterocycles. The van der Waals surface area contributed by atoms with Crippen LogP contribution in [0.5, 0.6) is 0 Å². The summed E-state index contributed by atoms with van der Waals surface area (Å²) in [6.07, 6.45) is 2.07. The number of carbonyl (C=O) groups excluding carboxylic acids is 1. The molecule has 2 atom stereocenters. The van der Waals surface area contributed by atoms with Gasteiger partial charge in [-0.25, -0.2) is 0 Å². The van der Waals surface area contributed by atoms with E-state index in [9.17, 15) is 4.79 Å². The number of hydrogen-bond acceptors (Lipinski definition) is 4. The van der Waals surface area contributed by atoms with Crippen LogP contribution in [0.4, 0.5) is 0 Å².